The zero-order chi connectivity index (χ0) is 16.2. The predicted octanol–water partition coefficient (Wildman–Crippen LogP) is 2.88. The van der Waals surface area contributed by atoms with Crippen molar-refractivity contribution in [2.45, 2.75) is 32.5 Å². The second-order valence-electron chi connectivity index (χ2n) is 5.81. The maximum Gasteiger partial charge on any atom is 0.323 e. The fourth-order valence-electron chi connectivity index (χ4n) is 3.05. The molecule has 2 aromatic rings. The van der Waals surface area contributed by atoms with Crippen molar-refractivity contribution in [3.8, 4) is 5.75 Å². The van der Waals surface area contributed by atoms with E-state index in [1.807, 2.05) is 31.2 Å². The monoisotopic (exact) mass is 311 g/mol. The van der Waals surface area contributed by atoms with Gasteiger partial charge >= 0.3 is 5.97 Å². The SMILES string of the molecule is CCOC(=O)C1Cc2ccccc2CN1Cc1ccc(O)cc1. The van der Waals surface area contributed by atoms with Gasteiger partial charge in [-0.05, 0) is 42.2 Å². The summed E-state index contributed by atoms with van der Waals surface area (Å²) in [5.74, 6) is 0.0838. The summed E-state index contributed by atoms with van der Waals surface area (Å²) in [5.41, 5.74) is 3.54. The van der Waals surface area contributed by atoms with Gasteiger partial charge in [0.25, 0.3) is 0 Å². The molecule has 0 fully saturated rings. The van der Waals surface area contributed by atoms with E-state index in [-0.39, 0.29) is 17.8 Å². The molecule has 1 unspecified atom stereocenters. The van der Waals surface area contributed by atoms with E-state index in [0.29, 0.717) is 19.6 Å². The van der Waals surface area contributed by atoms with Crippen LogP contribution >= 0.6 is 0 Å². The average molecular weight is 311 g/mol. The molecular weight excluding hydrogens is 290 g/mol. The highest BCUT2D eigenvalue weighted by Gasteiger charge is 2.32. The first-order valence-corrected chi connectivity index (χ1v) is 7.92. The van der Waals surface area contributed by atoms with E-state index in [0.717, 1.165) is 12.1 Å². The molecule has 1 N–H and O–H groups in total. The summed E-state index contributed by atoms with van der Waals surface area (Å²) in [5, 5.41) is 9.42. The number of benzene rings is 2. The normalized spacial score (nSPS) is 17.5. The number of nitrogens with zero attached hydrogens (tertiary/aromatic N) is 1. The van der Waals surface area contributed by atoms with Gasteiger partial charge in [0.2, 0.25) is 0 Å². The van der Waals surface area contributed by atoms with Gasteiger partial charge < -0.3 is 9.84 Å². The molecule has 0 radical (unpaired) electrons. The lowest BCUT2D eigenvalue weighted by molar-refractivity contribution is -0.150. The van der Waals surface area contributed by atoms with Gasteiger partial charge in [0.15, 0.2) is 0 Å². The van der Waals surface area contributed by atoms with Crippen LogP contribution in [0.3, 0.4) is 0 Å². The van der Waals surface area contributed by atoms with Gasteiger partial charge in [-0.15, -0.1) is 0 Å². The Bertz CT molecular complexity index is 681. The number of phenols is 1. The Hall–Kier alpha value is -2.33. The molecule has 4 nitrogen and oxygen atoms in total. The topological polar surface area (TPSA) is 49.8 Å². The summed E-state index contributed by atoms with van der Waals surface area (Å²) in [6, 6.07) is 15.1. The molecule has 1 aliphatic rings. The van der Waals surface area contributed by atoms with Crippen molar-refractivity contribution in [2.75, 3.05) is 6.61 Å². The summed E-state index contributed by atoms with van der Waals surface area (Å²) in [6.07, 6.45) is 0.674. The Kier molecular flexibility index (Phi) is 4.63. The van der Waals surface area contributed by atoms with E-state index in [2.05, 4.69) is 17.0 Å². The number of rotatable bonds is 4. The molecule has 4 heteroatoms. The van der Waals surface area contributed by atoms with Crippen LogP contribution in [0.25, 0.3) is 0 Å². The molecule has 120 valence electrons. The van der Waals surface area contributed by atoms with Crippen molar-refractivity contribution in [1.29, 1.82) is 0 Å². The van der Waals surface area contributed by atoms with Gasteiger partial charge in [0.1, 0.15) is 11.8 Å². The lowest BCUT2D eigenvalue weighted by Crippen LogP contribution is -2.45. The quantitative estimate of drug-likeness (QED) is 0.882. The number of ether oxygens (including phenoxy) is 1. The smallest absolute Gasteiger partial charge is 0.323 e. The zero-order valence-electron chi connectivity index (χ0n) is 13.2. The van der Waals surface area contributed by atoms with E-state index in [4.69, 9.17) is 4.74 Å². The third kappa shape index (κ3) is 3.54. The average Bonchev–Trinajstić information content (AvgIpc) is 2.56. The van der Waals surface area contributed by atoms with Crippen LogP contribution in [0.1, 0.15) is 23.6 Å². The molecule has 23 heavy (non-hydrogen) atoms. The summed E-state index contributed by atoms with van der Waals surface area (Å²) in [7, 11) is 0. The summed E-state index contributed by atoms with van der Waals surface area (Å²) in [4.78, 5) is 14.5. The first-order chi connectivity index (χ1) is 11.2. The van der Waals surface area contributed by atoms with Crippen molar-refractivity contribution < 1.29 is 14.6 Å². The molecule has 0 amide bonds. The van der Waals surface area contributed by atoms with Crippen LogP contribution in [0.5, 0.6) is 5.75 Å². The molecule has 3 rings (SSSR count). The van der Waals surface area contributed by atoms with Gasteiger partial charge in [-0.2, -0.15) is 0 Å². The minimum atomic E-state index is -0.265. The Labute approximate surface area is 136 Å². The fourth-order valence-corrected chi connectivity index (χ4v) is 3.05. The van der Waals surface area contributed by atoms with Crippen molar-refractivity contribution in [3.63, 3.8) is 0 Å². The minimum Gasteiger partial charge on any atom is -0.508 e. The number of esters is 1. The molecule has 2 aromatic carbocycles. The van der Waals surface area contributed by atoms with Crippen molar-refractivity contribution >= 4 is 5.97 Å². The minimum absolute atomic E-state index is 0.166. The fraction of sp³-hybridized carbons (Fsp3) is 0.316. The summed E-state index contributed by atoms with van der Waals surface area (Å²) in [6.45, 7) is 3.60. The van der Waals surface area contributed by atoms with Crippen LogP contribution in [-0.2, 0) is 29.0 Å². The van der Waals surface area contributed by atoms with Gasteiger partial charge in [-0.3, -0.25) is 9.69 Å². The lowest BCUT2D eigenvalue weighted by atomic mass is 9.93. The van der Waals surface area contributed by atoms with Gasteiger partial charge in [-0.1, -0.05) is 36.4 Å². The molecule has 1 heterocycles. The number of phenolic OH excluding ortho intramolecular Hbond substituents is 1. The van der Waals surface area contributed by atoms with Crippen molar-refractivity contribution in [3.05, 3.63) is 65.2 Å². The first kappa shape index (κ1) is 15.6. The zero-order valence-corrected chi connectivity index (χ0v) is 13.2. The van der Waals surface area contributed by atoms with E-state index in [9.17, 15) is 9.90 Å². The van der Waals surface area contributed by atoms with Crippen LogP contribution in [0.4, 0.5) is 0 Å². The Morgan fingerprint density at radius 3 is 2.57 bits per heavy atom. The van der Waals surface area contributed by atoms with Crippen molar-refractivity contribution in [1.82, 2.24) is 4.90 Å². The maximum absolute atomic E-state index is 12.4. The second-order valence-corrected chi connectivity index (χ2v) is 5.81. The molecule has 1 aliphatic heterocycles. The standard InChI is InChI=1S/C19H21NO3/c1-2-23-19(22)18-11-15-5-3-4-6-16(15)13-20(18)12-14-7-9-17(21)10-8-14/h3-10,18,21H,2,11-13H2,1H3. The van der Waals surface area contributed by atoms with Crippen LogP contribution in [0, 0.1) is 0 Å². The Balaban J connectivity index is 1.85. The number of hydrogen-bond donors (Lipinski definition) is 1. The van der Waals surface area contributed by atoms with Gasteiger partial charge in [0.05, 0.1) is 6.61 Å². The number of carbonyl (C=O) groups is 1. The highest BCUT2D eigenvalue weighted by Crippen LogP contribution is 2.26. The number of fused-ring (bicyclic) bond motifs is 1. The van der Waals surface area contributed by atoms with Crippen LogP contribution in [0.15, 0.2) is 48.5 Å². The molecule has 0 aliphatic carbocycles. The van der Waals surface area contributed by atoms with Crippen LogP contribution in [0.2, 0.25) is 0 Å². The molecule has 0 saturated carbocycles. The number of hydrogen-bond acceptors (Lipinski definition) is 4. The van der Waals surface area contributed by atoms with Gasteiger partial charge in [0, 0.05) is 13.1 Å². The lowest BCUT2D eigenvalue weighted by Gasteiger charge is -2.35. The van der Waals surface area contributed by atoms with Crippen molar-refractivity contribution in [2.24, 2.45) is 0 Å². The molecule has 0 saturated heterocycles. The van der Waals surface area contributed by atoms with Crippen LogP contribution < -0.4 is 0 Å². The largest absolute Gasteiger partial charge is 0.508 e. The molecular formula is C19H21NO3. The van der Waals surface area contributed by atoms with E-state index >= 15 is 0 Å². The molecule has 0 spiro atoms. The number of carbonyl (C=O) groups excluding carboxylic acids is 1. The third-order valence-corrected chi connectivity index (χ3v) is 4.23. The summed E-state index contributed by atoms with van der Waals surface area (Å²) >= 11 is 0. The van der Waals surface area contributed by atoms with E-state index < -0.39 is 0 Å². The third-order valence-electron chi connectivity index (χ3n) is 4.23. The second kappa shape index (κ2) is 6.84. The Morgan fingerprint density at radius 1 is 1.17 bits per heavy atom. The summed E-state index contributed by atoms with van der Waals surface area (Å²) < 4.78 is 5.26. The van der Waals surface area contributed by atoms with E-state index in [1.54, 1.807) is 12.1 Å². The maximum atomic E-state index is 12.4. The highest BCUT2D eigenvalue weighted by atomic mass is 16.5. The molecule has 1 atom stereocenters. The molecule has 0 bridgehead atoms. The van der Waals surface area contributed by atoms with E-state index in [1.165, 1.54) is 11.1 Å². The predicted molar refractivity (Wildman–Crippen MR) is 87.9 cm³/mol. The first-order valence-electron chi connectivity index (χ1n) is 7.92. The highest BCUT2D eigenvalue weighted by molar-refractivity contribution is 5.76. The molecule has 0 aromatic heterocycles. The van der Waals surface area contributed by atoms with Crippen LogP contribution in [-0.4, -0.2) is 28.6 Å². The number of aromatic hydroxyl groups is 1. The Morgan fingerprint density at radius 2 is 1.87 bits per heavy atom. The van der Waals surface area contributed by atoms with Gasteiger partial charge in [-0.25, -0.2) is 0 Å².